The second-order valence-corrected chi connectivity index (χ2v) is 6.27. The Balaban J connectivity index is 2.11. The summed E-state index contributed by atoms with van der Waals surface area (Å²) in [5.41, 5.74) is 1.37. The molecule has 3 heteroatoms. The lowest BCUT2D eigenvalue weighted by Crippen LogP contribution is -2.24. The van der Waals surface area contributed by atoms with Gasteiger partial charge in [0.2, 0.25) is 0 Å². The molecule has 0 bridgehead atoms. The molecular formula is C15H27N3. The number of hydrogen-bond acceptors (Lipinski definition) is 2. The number of imidazole rings is 1. The lowest BCUT2D eigenvalue weighted by Gasteiger charge is -2.27. The standard InChI is InChI=1S/C15H27N3/c1-11(2)13(12(3)4)9-18-10-16-8-15(18)14-6-5-7-17-14/h8,10-14,17H,5-7,9H2,1-4H3/t14-/m0/s1. The molecule has 1 aromatic rings. The van der Waals surface area contributed by atoms with Gasteiger partial charge in [0.25, 0.3) is 0 Å². The molecule has 0 aromatic carbocycles. The topological polar surface area (TPSA) is 29.9 Å². The van der Waals surface area contributed by atoms with E-state index in [1.165, 1.54) is 18.5 Å². The molecule has 0 radical (unpaired) electrons. The highest BCUT2D eigenvalue weighted by atomic mass is 15.1. The maximum absolute atomic E-state index is 4.36. The van der Waals surface area contributed by atoms with Gasteiger partial charge in [-0.3, -0.25) is 0 Å². The molecule has 0 unspecified atom stereocenters. The van der Waals surface area contributed by atoms with Crippen LogP contribution in [0.15, 0.2) is 12.5 Å². The van der Waals surface area contributed by atoms with Gasteiger partial charge < -0.3 is 9.88 Å². The van der Waals surface area contributed by atoms with Crippen molar-refractivity contribution in [1.29, 1.82) is 0 Å². The molecular weight excluding hydrogens is 222 g/mol. The summed E-state index contributed by atoms with van der Waals surface area (Å²) in [6.07, 6.45) is 6.58. The van der Waals surface area contributed by atoms with Gasteiger partial charge in [-0.1, -0.05) is 27.7 Å². The third-order valence-electron chi connectivity index (χ3n) is 4.28. The molecule has 1 atom stereocenters. The Morgan fingerprint density at radius 1 is 1.33 bits per heavy atom. The van der Waals surface area contributed by atoms with Crippen LogP contribution in [0, 0.1) is 17.8 Å². The smallest absolute Gasteiger partial charge is 0.0948 e. The second-order valence-electron chi connectivity index (χ2n) is 6.27. The highest BCUT2D eigenvalue weighted by Gasteiger charge is 2.23. The monoisotopic (exact) mass is 249 g/mol. The van der Waals surface area contributed by atoms with E-state index in [9.17, 15) is 0 Å². The predicted molar refractivity (Wildman–Crippen MR) is 75.4 cm³/mol. The summed E-state index contributed by atoms with van der Waals surface area (Å²) in [6.45, 7) is 11.6. The van der Waals surface area contributed by atoms with Crippen LogP contribution in [0.4, 0.5) is 0 Å². The molecule has 1 fully saturated rings. The van der Waals surface area contributed by atoms with Crippen LogP contribution in [0.2, 0.25) is 0 Å². The molecule has 1 saturated heterocycles. The van der Waals surface area contributed by atoms with Crippen molar-refractivity contribution >= 4 is 0 Å². The first-order valence-electron chi connectivity index (χ1n) is 7.33. The normalized spacial score (nSPS) is 20.5. The fourth-order valence-electron chi connectivity index (χ4n) is 3.13. The lowest BCUT2D eigenvalue weighted by atomic mass is 9.85. The minimum Gasteiger partial charge on any atom is -0.333 e. The van der Waals surface area contributed by atoms with Gasteiger partial charge in [0.1, 0.15) is 0 Å². The molecule has 0 saturated carbocycles. The quantitative estimate of drug-likeness (QED) is 0.868. The van der Waals surface area contributed by atoms with E-state index in [1.807, 2.05) is 12.5 Å². The first-order chi connectivity index (χ1) is 8.59. The highest BCUT2D eigenvalue weighted by Crippen LogP contribution is 2.27. The van der Waals surface area contributed by atoms with E-state index in [4.69, 9.17) is 0 Å². The predicted octanol–water partition coefficient (Wildman–Crippen LogP) is 3.24. The first kappa shape index (κ1) is 13.6. The third-order valence-corrected chi connectivity index (χ3v) is 4.28. The Morgan fingerprint density at radius 2 is 2.06 bits per heavy atom. The highest BCUT2D eigenvalue weighted by molar-refractivity contribution is 5.07. The van der Waals surface area contributed by atoms with Gasteiger partial charge in [0, 0.05) is 18.8 Å². The van der Waals surface area contributed by atoms with E-state index in [2.05, 4.69) is 42.6 Å². The van der Waals surface area contributed by atoms with Crippen molar-refractivity contribution in [3.8, 4) is 0 Å². The summed E-state index contributed by atoms with van der Waals surface area (Å²) in [6, 6.07) is 0.521. The Labute approximate surface area is 111 Å². The summed E-state index contributed by atoms with van der Waals surface area (Å²) < 4.78 is 2.37. The number of nitrogens with one attached hydrogen (secondary N) is 1. The van der Waals surface area contributed by atoms with Gasteiger partial charge in [-0.2, -0.15) is 0 Å². The van der Waals surface area contributed by atoms with Crippen LogP contribution in [0.1, 0.15) is 52.3 Å². The number of nitrogens with zero attached hydrogens (tertiary/aromatic N) is 2. The fraction of sp³-hybridized carbons (Fsp3) is 0.800. The van der Waals surface area contributed by atoms with Crippen LogP contribution in [0.3, 0.4) is 0 Å². The average molecular weight is 249 g/mol. The maximum atomic E-state index is 4.36. The summed E-state index contributed by atoms with van der Waals surface area (Å²) in [4.78, 5) is 4.36. The average Bonchev–Trinajstić information content (AvgIpc) is 2.95. The van der Waals surface area contributed by atoms with Gasteiger partial charge in [-0.15, -0.1) is 0 Å². The lowest BCUT2D eigenvalue weighted by molar-refractivity contribution is 0.248. The van der Waals surface area contributed by atoms with Crippen molar-refractivity contribution in [2.45, 2.75) is 53.1 Å². The summed E-state index contributed by atoms with van der Waals surface area (Å²) in [7, 11) is 0. The number of aromatic nitrogens is 2. The Hall–Kier alpha value is -0.830. The Morgan fingerprint density at radius 3 is 2.61 bits per heavy atom. The molecule has 1 aromatic heterocycles. The van der Waals surface area contributed by atoms with Gasteiger partial charge in [0.15, 0.2) is 0 Å². The fourth-order valence-corrected chi connectivity index (χ4v) is 3.13. The van der Waals surface area contributed by atoms with E-state index in [0.717, 1.165) is 30.8 Å². The van der Waals surface area contributed by atoms with Crippen molar-refractivity contribution in [2.24, 2.45) is 17.8 Å². The van der Waals surface area contributed by atoms with E-state index in [1.54, 1.807) is 0 Å². The van der Waals surface area contributed by atoms with Crippen LogP contribution in [0.25, 0.3) is 0 Å². The van der Waals surface area contributed by atoms with Crippen molar-refractivity contribution in [1.82, 2.24) is 14.9 Å². The number of rotatable bonds is 5. The summed E-state index contributed by atoms with van der Waals surface area (Å²) >= 11 is 0. The molecule has 0 aliphatic carbocycles. The van der Waals surface area contributed by atoms with Crippen LogP contribution in [-0.4, -0.2) is 16.1 Å². The van der Waals surface area contributed by atoms with E-state index < -0.39 is 0 Å². The third kappa shape index (κ3) is 2.94. The van der Waals surface area contributed by atoms with Crippen molar-refractivity contribution in [2.75, 3.05) is 6.54 Å². The molecule has 2 heterocycles. The SMILES string of the molecule is CC(C)C(Cn1cncc1[C@@H]1CCCN1)C(C)C. The molecule has 102 valence electrons. The zero-order chi connectivity index (χ0) is 13.1. The molecule has 0 spiro atoms. The van der Waals surface area contributed by atoms with E-state index >= 15 is 0 Å². The molecule has 0 amide bonds. The van der Waals surface area contributed by atoms with Crippen molar-refractivity contribution < 1.29 is 0 Å². The molecule has 1 aliphatic rings. The zero-order valence-corrected chi connectivity index (χ0v) is 12.2. The second kappa shape index (κ2) is 5.87. The van der Waals surface area contributed by atoms with Crippen LogP contribution in [0.5, 0.6) is 0 Å². The van der Waals surface area contributed by atoms with E-state index in [-0.39, 0.29) is 0 Å². The molecule has 1 N–H and O–H groups in total. The zero-order valence-electron chi connectivity index (χ0n) is 12.2. The number of hydrogen-bond donors (Lipinski definition) is 1. The molecule has 3 nitrogen and oxygen atoms in total. The summed E-state index contributed by atoms with van der Waals surface area (Å²) in [5.74, 6) is 2.16. The molecule has 1 aliphatic heterocycles. The van der Waals surface area contributed by atoms with Crippen molar-refractivity contribution in [3.63, 3.8) is 0 Å². The molecule has 2 rings (SSSR count). The maximum Gasteiger partial charge on any atom is 0.0948 e. The minimum absolute atomic E-state index is 0.521. The van der Waals surface area contributed by atoms with Gasteiger partial charge in [-0.05, 0) is 37.1 Å². The van der Waals surface area contributed by atoms with Crippen LogP contribution in [-0.2, 0) is 6.54 Å². The van der Waals surface area contributed by atoms with Crippen LogP contribution >= 0.6 is 0 Å². The Kier molecular flexibility index (Phi) is 4.44. The van der Waals surface area contributed by atoms with Gasteiger partial charge in [-0.25, -0.2) is 4.98 Å². The molecule has 18 heavy (non-hydrogen) atoms. The van der Waals surface area contributed by atoms with Crippen molar-refractivity contribution in [3.05, 3.63) is 18.2 Å². The van der Waals surface area contributed by atoms with Crippen LogP contribution < -0.4 is 5.32 Å². The summed E-state index contributed by atoms with van der Waals surface area (Å²) in [5, 5.41) is 3.57. The van der Waals surface area contributed by atoms with E-state index in [0.29, 0.717) is 6.04 Å². The van der Waals surface area contributed by atoms with Gasteiger partial charge >= 0.3 is 0 Å². The van der Waals surface area contributed by atoms with Gasteiger partial charge in [0.05, 0.1) is 12.0 Å². The minimum atomic E-state index is 0.521. The Bertz CT molecular complexity index is 354. The largest absolute Gasteiger partial charge is 0.333 e. The first-order valence-corrected chi connectivity index (χ1v) is 7.33.